The topological polar surface area (TPSA) is 29.1 Å². The lowest BCUT2D eigenvalue weighted by Crippen LogP contribution is -2.27. The molecule has 1 aliphatic rings. The zero-order valence-electron chi connectivity index (χ0n) is 9.67. The SMILES string of the molecule is C[C@H]1C[C@@H]1C(=O)NCCc1cc(Br)ccc1F. The molecule has 2 atom stereocenters. The highest BCUT2D eigenvalue weighted by Gasteiger charge is 2.38. The minimum atomic E-state index is -0.220. The first-order chi connectivity index (χ1) is 8.08. The quantitative estimate of drug-likeness (QED) is 0.910. The summed E-state index contributed by atoms with van der Waals surface area (Å²) in [5.41, 5.74) is 0.628. The Morgan fingerprint density at radius 1 is 1.59 bits per heavy atom. The number of carbonyl (C=O) groups is 1. The maximum atomic E-state index is 13.4. The third-order valence-electron chi connectivity index (χ3n) is 3.15. The summed E-state index contributed by atoms with van der Waals surface area (Å²) in [5.74, 6) is 0.579. The molecule has 0 heterocycles. The van der Waals surface area contributed by atoms with Crippen LogP contribution >= 0.6 is 15.9 Å². The van der Waals surface area contributed by atoms with E-state index in [1.54, 1.807) is 12.1 Å². The van der Waals surface area contributed by atoms with Gasteiger partial charge in [-0.2, -0.15) is 0 Å². The van der Waals surface area contributed by atoms with Crippen molar-refractivity contribution in [1.82, 2.24) is 5.32 Å². The van der Waals surface area contributed by atoms with E-state index in [4.69, 9.17) is 0 Å². The molecule has 0 aromatic heterocycles. The van der Waals surface area contributed by atoms with Crippen molar-refractivity contribution >= 4 is 21.8 Å². The van der Waals surface area contributed by atoms with Crippen molar-refractivity contribution in [3.05, 3.63) is 34.1 Å². The number of carbonyl (C=O) groups excluding carboxylic acids is 1. The molecule has 1 amide bonds. The van der Waals surface area contributed by atoms with Gasteiger partial charge in [0, 0.05) is 16.9 Å². The lowest BCUT2D eigenvalue weighted by atomic mass is 10.1. The van der Waals surface area contributed by atoms with Crippen LogP contribution in [-0.2, 0) is 11.2 Å². The molecule has 1 aliphatic carbocycles. The van der Waals surface area contributed by atoms with Crippen molar-refractivity contribution < 1.29 is 9.18 Å². The van der Waals surface area contributed by atoms with E-state index in [-0.39, 0.29) is 17.6 Å². The number of hydrogen-bond acceptors (Lipinski definition) is 1. The Labute approximate surface area is 109 Å². The molecule has 0 radical (unpaired) electrons. The minimum Gasteiger partial charge on any atom is -0.356 e. The number of amides is 1. The summed E-state index contributed by atoms with van der Waals surface area (Å²) >= 11 is 3.30. The summed E-state index contributed by atoms with van der Waals surface area (Å²) in [7, 11) is 0. The zero-order chi connectivity index (χ0) is 12.4. The molecule has 0 unspecified atom stereocenters. The minimum absolute atomic E-state index is 0.105. The maximum absolute atomic E-state index is 13.4. The Morgan fingerprint density at radius 3 is 2.94 bits per heavy atom. The van der Waals surface area contributed by atoms with Crippen LogP contribution in [0.1, 0.15) is 18.9 Å². The first-order valence-electron chi connectivity index (χ1n) is 5.79. The van der Waals surface area contributed by atoms with Crippen molar-refractivity contribution in [2.75, 3.05) is 6.54 Å². The van der Waals surface area contributed by atoms with E-state index in [1.807, 2.05) is 0 Å². The Balaban J connectivity index is 1.81. The molecule has 2 rings (SSSR count). The Kier molecular flexibility index (Phi) is 3.82. The van der Waals surface area contributed by atoms with Crippen LogP contribution in [-0.4, -0.2) is 12.5 Å². The van der Waals surface area contributed by atoms with E-state index < -0.39 is 0 Å². The number of rotatable bonds is 4. The van der Waals surface area contributed by atoms with Gasteiger partial charge in [0.2, 0.25) is 5.91 Å². The Hall–Kier alpha value is -0.900. The fourth-order valence-electron chi connectivity index (χ4n) is 1.87. The molecule has 0 saturated heterocycles. The second-order valence-electron chi connectivity index (χ2n) is 4.60. The van der Waals surface area contributed by atoms with Gasteiger partial charge in [-0.05, 0) is 42.5 Å². The van der Waals surface area contributed by atoms with Gasteiger partial charge in [0.05, 0.1) is 0 Å². The standard InChI is InChI=1S/C13H15BrFNO/c1-8-6-11(8)13(17)16-5-4-9-7-10(14)2-3-12(9)15/h2-3,7-8,11H,4-6H2,1H3,(H,16,17)/t8-,11-/m0/s1. The van der Waals surface area contributed by atoms with Crippen molar-refractivity contribution in [2.24, 2.45) is 11.8 Å². The van der Waals surface area contributed by atoms with Gasteiger partial charge in [0.1, 0.15) is 5.82 Å². The van der Waals surface area contributed by atoms with Crippen LogP contribution in [0.3, 0.4) is 0 Å². The van der Waals surface area contributed by atoms with Crippen LogP contribution in [0.15, 0.2) is 22.7 Å². The summed E-state index contributed by atoms with van der Waals surface area (Å²) in [5, 5.41) is 2.85. The fraction of sp³-hybridized carbons (Fsp3) is 0.462. The zero-order valence-corrected chi connectivity index (χ0v) is 11.3. The van der Waals surface area contributed by atoms with E-state index in [0.29, 0.717) is 24.4 Å². The molecule has 92 valence electrons. The largest absolute Gasteiger partial charge is 0.356 e. The molecule has 17 heavy (non-hydrogen) atoms. The van der Waals surface area contributed by atoms with Gasteiger partial charge >= 0.3 is 0 Å². The maximum Gasteiger partial charge on any atom is 0.223 e. The number of benzene rings is 1. The van der Waals surface area contributed by atoms with Gasteiger partial charge in [0.25, 0.3) is 0 Å². The fourth-order valence-corrected chi connectivity index (χ4v) is 2.28. The predicted molar refractivity (Wildman–Crippen MR) is 68.1 cm³/mol. The average molecular weight is 300 g/mol. The number of halogens is 2. The lowest BCUT2D eigenvalue weighted by molar-refractivity contribution is -0.122. The first kappa shape index (κ1) is 12.6. The van der Waals surface area contributed by atoms with E-state index in [2.05, 4.69) is 28.2 Å². The van der Waals surface area contributed by atoms with Crippen LogP contribution in [0.4, 0.5) is 4.39 Å². The molecule has 1 fully saturated rings. The highest BCUT2D eigenvalue weighted by atomic mass is 79.9. The highest BCUT2D eigenvalue weighted by Crippen LogP contribution is 2.37. The highest BCUT2D eigenvalue weighted by molar-refractivity contribution is 9.10. The molecular weight excluding hydrogens is 285 g/mol. The molecule has 1 N–H and O–H groups in total. The van der Waals surface area contributed by atoms with Crippen molar-refractivity contribution in [3.8, 4) is 0 Å². The normalized spacial score (nSPS) is 22.3. The van der Waals surface area contributed by atoms with Crippen LogP contribution in [0.2, 0.25) is 0 Å². The molecule has 0 aliphatic heterocycles. The molecule has 4 heteroatoms. The predicted octanol–water partition coefficient (Wildman–Crippen LogP) is 2.90. The summed E-state index contributed by atoms with van der Waals surface area (Å²) in [6.45, 7) is 2.56. The smallest absolute Gasteiger partial charge is 0.223 e. The van der Waals surface area contributed by atoms with Gasteiger partial charge in [-0.1, -0.05) is 22.9 Å². The van der Waals surface area contributed by atoms with Crippen molar-refractivity contribution in [3.63, 3.8) is 0 Å². The second kappa shape index (κ2) is 5.17. The molecule has 1 aromatic carbocycles. The van der Waals surface area contributed by atoms with Gasteiger partial charge in [-0.15, -0.1) is 0 Å². The summed E-state index contributed by atoms with van der Waals surface area (Å²) in [6.07, 6.45) is 1.51. The van der Waals surface area contributed by atoms with Crippen LogP contribution in [0, 0.1) is 17.7 Å². The number of hydrogen-bond donors (Lipinski definition) is 1. The summed E-state index contributed by atoms with van der Waals surface area (Å²) in [4.78, 5) is 11.5. The molecular formula is C13H15BrFNO. The van der Waals surface area contributed by atoms with Crippen molar-refractivity contribution in [1.29, 1.82) is 0 Å². The first-order valence-corrected chi connectivity index (χ1v) is 6.59. The third-order valence-corrected chi connectivity index (χ3v) is 3.64. The van der Waals surface area contributed by atoms with Crippen LogP contribution in [0.5, 0.6) is 0 Å². The molecule has 1 aromatic rings. The molecule has 1 saturated carbocycles. The van der Waals surface area contributed by atoms with Gasteiger partial charge in [-0.25, -0.2) is 4.39 Å². The van der Waals surface area contributed by atoms with Crippen LogP contribution < -0.4 is 5.32 Å². The monoisotopic (exact) mass is 299 g/mol. The summed E-state index contributed by atoms with van der Waals surface area (Å²) < 4.78 is 14.3. The third kappa shape index (κ3) is 3.28. The molecule has 2 nitrogen and oxygen atoms in total. The Bertz CT molecular complexity index is 435. The van der Waals surface area contributed by atoms with Gasteiger partial charge in [-0.3, -0.25) is 4.79 Å². The summed E-state index contributed by atoms with van der Waals surface area (Å²) in [6, 6.07) is 4.86. The van der Waals surface area contributed by atoms with Gasteiger partial charge < -0.3 is 5.32 Å². The molecule has 0 bridgehead atoms. The second-order valence-corrected chi connectivity index (χ2v) is 5.51. The van der Waals surface area contributed by atoms with E-state index in [9.17, 15) is 9.18 Å². The van der Waals surface area contributed by atoms with E-state index in [1.165, 1.54) is 6.07 Å². The average Bonchev–Trinajstić information content (AvgIpc) is 3.00. The molecule has 0 spiro atoms. The Morgan fingerprint density at radius 2 is 2.29 bits per heavy atom. The lowest BCUT2D eigenvalue weighted by Gasteiger charge is -2.06. The van der Waals surface area contributed by atoms with Crippen LogP contribution in [0.25, 0.3) is 0 Å². The van der Waals surface area contributed by atoms with E-state index >= 15 is 0 Å². The van der Waals surface area contributed by atoms with E-state index in [0.717, 1.165) is 10.9 Å². The van der Waals surface area contributed by atoms with Crippen molar-refractivity contribution in [2.45, 2.75) is 19.8 Å². The number of nitrogens with one attached hydrogen (secondary N) is 1. The van der Waals surface area contributed by atoms with Gasteiger partial charge in [0.15, 0.2) is 0 Å².